The molecule has 156 valence electrons. The number of aryl methyl sites for hydroxylation is 1. The Labute approximate surface area is 178 Å². The fraction of sp³-hybridized carbons (Fsp3) is 0.238. The van der Waals surface area contributed by atoms with Gasteiger partial charge in [-0.25, -0.2) is 0 Å². The van der Waals surface area contributed by atoms with Crippen LogP contribution >= 0.6 is 11.3 Å². The van der Waals surface area contributed by atoms with Crippen LogP contribution in [0.25, 0.3) is 0 Å². The van der Waals surface area contributed by atoms with E-state index in [1.807, 2.05) is 31.2 Å². The molecule has 3 rings (SSSR count). The van der Waals surface area contributed by atoms with Crippen LogP contribution in [0.5, 0.6) is 5.75 Å². The van der Waals surface area contributed by atoms with E-state index in [2.05, 4.69) is 20.8 Å². The monoisotopic (exact) mass is 426 g/mol. The second kappa shape index (κ2) is 10.5. The summed E-state index contributed by atoms with van der Waals surface area (Å²) < 4.78 is 10.6. The average molecular weight is 426 g/mol. The first-order chi connectivity index (χ1) is 14.5. The summed E-state index contributed by atoms with van der Waals surface area (Å²) >= 11 is 1.17. The van der Waals surface area contributed by atoms with Crippen molar-refractivity contribution in [3.63, 3.8) is 0 Å². The number of aromatic nitrogens is 2. The second-order valence-corrected chi connectivity index (χ2v) is 7.45. The fourth-order valence-electron chi connectivity index (χ4n) is 2.51. The number of hydrogen-bond donors (Lipinski definition) is 2. The van der Waals surface area contributed by atoms with Gasteiger partial charge in [0.25, 0.3) is 11.8 Å². The largest absolute Gasteiger partial charge is 0.486 e. The van der Waals surface area contributed by atoms with Crippen LogP contribution in [0.3, 0.4) is 0 Å². The number of amides is 2. The van der Waals surface area contributed by atoms with Gasteiger partial charge in [0.2, 0.25) is 5.01 Å². The third-order valence-electron chi connectivity index (χ3n) is 4.01. The number of rotatable bonds is 9. The van der Waals surface area contributed by atoms with E-state index in [-0.39, 0.29) is 23.4 Å². The molecule has 3 aromatic rings. The molecule has 0 saturated heterocycles. The molecule has 2 aromatic carbocycles. The van der Waals surface area contributed by atoms with Gasteiger partial charge >= 0.3 is 0 Å². The van der Waals surface area contributed by atoms with E-state index in [9.17, 15) is 9.59 Å². The highest BCUT2D eigenvalue weighted by Gasteiger charge is 2.14. The minimum Gasteiger partial charge on any atom is -0.486 e. The Bertz CT molecular complexity index is 1000. The van der Waals surface area contributed by atoms with Crippen molar-refractivity contribution < 1.29 is 19.1 Å². The highest BCUT2D eigenvalue weighted by atomic mass is 32.1. The quantitative estimate of drug-likeness (QED) is 0.510. The fourth-order valence-corrected chi connectivity index (χ4v) is 3.16. The number of hydrogen-bond acceptors (Lipinski definition) is 7. The van der Waals surface area contributed by atoms with Crippen LogP contribution < -0.4 is 15.4 Å². The molecule has 2 amide bonds. The maximum atomic E-state index is 12.4. The SMILES string of the molecule is COCCNC(=O)c1ccc(NC(=O)c2nnc(COc3cccc(C)c3)s2)cc1. The molecule has 9 heteroatoms. The van der Waals surface area contributed by atoms with Crippen LogP contribution in [-0.2, 0) is 11.3 Å². The highest BCUT2D eigenvalue weighted by molar-refractivity contribution is 7.13. The molecule has 0 spiro atoms. The Hall–Kier alpha value is -3.30. The predicted octanol–water partition coefficient (Wildman–Crippen LogP) is 3.05. The lowest BCUT2D eigenvalue weighted by molar-refractivity contribution is 0.0936. The summed E-state index contributed by atoms with van der Waals surface area (Å²) in [5.74, 6) is 0.168. The van der Waals surface area contributed by atoms with Gasteiger partial charge in [0, 0.05) is 24.9 Å². The van der Waals surface area contributed by atoms with Crippen molar-refractivity contribution in [2.24, 2.45) is 0 Å². The molecule has 1 aromatic heterocycles. The van der Waals surface area contributed by atoms with Gasteiger partial charge in [0.1, 0.15) is 12.4 Å². The first kappa shape index (κ1) is 21.4. The smallest absolute Gasteiger partial charge is 0.286 e. The molecule has 1 heterocycles. The zero-order chi connectivity index (χ0) is 21.3. The van der Waals surface area contributed by atoms with Crippen LogP contribution in [0.15, 0.2) is 48.5 Å². The van der Waals surface area contributed by atoms with Crippen LogP contribution in [0.1, 0.15) is 30.7 Å². The van der Waals surface area contributed by atoms with E-state index in [0.29, 0.717) is 29.4 Å². The number of nitrogens with zero attached hydrogens (tertiary/aromatic N) is 2. The molecule has 0 unspecified atom stereocenters. The van der Waals surface area contributed by atoms with Gasteiger partial charge in [-0.15, -0.1) is 10.2 Å². The minimum absolute atomic E-state index is 0.202. The number of ether oxygens (including phenoxy) is 2. The lowest BCUT2D eigenvalue weighted by Gasteiger charge is -2.06. The summed E-state index contributed by atoms with van der Waals surface area (Å²) in [4.78, 5) is 24.4. The van der Waals surface area contributed by atoms with Gasteiger partial charge in [-0.05, 0) is 48.9 Å². The number of benzene rings is 2. The van der Waals surface area contributed by atoms with Crippen LogP contribution in [0.2, 0.25) is 0 Å². The Morgan fingerprint density at radius 3 is 2.60 bits per heavy atom. The Balaban J connectivity index is 1.53. The third kappa shape index (κ3) is 6.10. The van der Waals surface area contributed by atoms with E-state index < -0.39 is 0 Å². The van der Waals surface area contributed by atoms with Crippen LogP contribution in [-0.4, -0.2) is 42.3 Å². The van der Waals surface area contributed by atoms with Gasteiger partial charge in [0.15, 0.2) is 5.01 Å². The van der Waals surface area contributed by atoms with Gasteiger partial charge in [-0.1, -0.05) is 23.5 Å². The summed E-state index contributed by atoms with van der Waals surface area (Å²) in [7, 11) is 1.57. The molecule has 8 nitrogen and oxygen atoms in total. The number of methoxy groups -OCH3 is 1. The topological polar surface area (TPSA) is 102 Å². The van der Waals surface area contributed by atoms with Crippen molar-refractivity contribution in [2.45, 2.75) is 13.5 Å². The molecule has 0 radical (unpaired) electrons. The average Bonchev–Trinajstić information content (AvgIpc) is 3.22. The van der Waals surface area contributed by atoms with E-state index in [0.717, 1.165) is 11.3 Å². The van der Waals surface area contributed by atoms with Crippen molar-refractivity contribution >= 4 is 28.8 Å². The van der Waals surface area contributed by atoms with Gasteiger partial charge in [-0.3, -0.25) is 9.59 Å². The van der Waals surface area contributed by atoms with Crippen LogP contribution in [0, 0.1) is 6.92 Å². The zero-order valence-electron chi connectivity index (χ0n) is 16.7. The highest BCUT2D eigenvalue weighted by Crippen LogP contribution is 2.18. The van der Waals surface area contributed by atoms with Crippen molar-refractivity contribution in [3.8, 4) is 5.75 Å². The molecule has 0 fully saturated rings. The van der Waals surface area contributed by atoms with Gasteiger partial charge in [-0.2, -0.15) is 0 Å². The number of nitrogens with one attached hydrogen (secondary N) is 2. The standard InChI is InChI=1S/C21H22N4O4S/c1-14-4-3-5-17(12-14)29-13-18-24-25-21(30-18)20(27)23-16-8-6-15(7-9-16)19(26)22-10-11-28-2/h3-9,12H,10-11,13H2,1-2H3,(H,22,26)(H,23,27). The van der Waals surface area contributed by atoms with Crippen molar-refractivity contribution in [1.29, 1.82) is 0 Å². The summed E-state index contributed by atoms with van der Waals surface area (Å²) in [5.41, 5.74) is 2.15. The summed E-state index contributed by atoms with van der Waals surface area (Å²) in [5, 5.41) is 14.3. The number of carbonyl (C=O) groups excluding carboxylic acids is 2. The number of carbonyl (C=O) groups is 2. The molecule has 0 saturated carbocycles. The maximum absolute atomic E-state index is 12.4. The van der Waals surface area contributed by atoms with Gasteiger partial charge in [0.05, 0.1) is 6.61 Å². The normalized spacial score (nSPS) is 10.5. The molecule has 30 heavy (non-hydrogen) atoms. The van der Waals surface area contributed by atoms with Crippen molar-refractivity contribution in [2.75, 3.05) is 25.6 Å². The zero-order valence-corrected chi connectivity index (χ0v) is 17.5. The Morgan fingerprint density at radius 2 is 1.87 bits per heavy atom. The summed E-state index contributed by atoms with van der Waals surface area (Å²) in [6.45, 7) is 3.10. The minimum atomic E-state index is -0.369. The molecule has 2 N–H and O–H groups in total. The molecular formula is C21H22N4O4S. The molecule has 0 bridgehead atoms. The lowest BCUT2D eigenvalue weighted by Crippen LogP contribution is -2.26. The molecule has 0 aliphatic heterocycles. The molecule has 0 atom stereocenters. The lowest BCUT2D eigenvalue weighted by atomic mass is 10.2. The molecular weight excluding hydrogens is 404 g/mol. The maximum Gasteiger partial charge on any atom is 0.286 e. The second-order valence-electron chi connectivity index (χ2n) is 6.39. The predicted molar refractivity (Wildman–Crippen MR) is 114 cm³/mol. The van der Waals surface area contributed by atoms with E-state index in [4.69, 9.17) is 9.47 Å². The number of anilines is 1. The van der Waals surface area contributed by atoms with Crippen molar-refractivity contribution in [1.82, 2.24) is 15.5 Å². The van der Waals surface area contributed by atoms with E-state index >= 15 is 0 Å². The van der Waals surface area contributed by atoms with E-state index in [1.165, 1.54) is 11.3 Å². The third-order valence-corrected chi connectivity index (χ3v) is 4.91. The Kier molecular flexibility index (Phi) is 7.47. The first-order valence-electron chi connectivity index (χ1n) is 9.25. The van der Waals surface area contributed by atoms with Crippen LogP contribution in [0.4, 0.5) is 5.69 Å². The molecule has 0 aliphatic rings. The first-order valence-corrected chi connectivity index (χ1v) is 10.1. The van der Waals surface area contributed by atoms with Crippen molar-refractivity contribution in [3.05, 3.63) is 69.7 Å². The Morgan fingerprint density at radius 1 is 1.07 bits per heavy atom. The summed E-state index contributed by atoms with van der Waals surface area (Å²) in [6, 6.07) is 14.3. The molecule has 0 aliphatic carbocycles. The summed E-state index contributed by atoms with van der Waals surface area (Å²) in [6.07, 6.45) is 0. The van der Waals surface area contributed by atoms with E-state index in [1.54, 1.807) is 31.4 Å². The van der Waals surface area contributed by atoms with Gasteiger partial charge < -0.3 is 20.1 Å².